The molecule has 6 nitrogen and oxygen atoms in total. The van der Waals surface area contributed by atoms with Crippen molar-refractivity contribution in [2.75, 3.05) is 12.9 Å². The zero-order chi connectivity index (χ0) is 13.5. The molecule has 0 saturated heterocycles. The zero-order valence-corrected chi connectivity index (χ0v) is 11.1. The van der Waals surface area contributed by atoms with Gasteiger partial charge in [0.15, 0.2) is 5.76 Å². The number of hydrogen-bond donors (Lipinski definition) is 2. The fourth-order valence-electron chi connectivity index (χ4n) is 1.29. The van der Waals surface area contributed by atoms with Crippen LogP contribution in [-0.2, 0) is 15.3 Å². The lowest BCUT2D eigenvalue weighted by atomic mass is 10.3. The molecule has 1 aromatic heterocycles. The van der Waals surface area contributed by atoms with Gasteiger partial charge in [0.2, 0.25) is 0 Å². The van der Waals surface area contributed by atoms with E-state index in [0.717, 1.165) is 5.56 Å². The number of carbonyl (C=O) groups excluding carboxylic acids is 2. The number of carbonyl (C=O) groups is 2. The molecule has 1 aromatic rings. The van der Waals surface area contributed by atoms with Crippen LogP contribution in [0.25, 0.3) is 0 Å². The van der Waals surface area contributed by atoms with Gasteiger partial charge in [0.25, 0.3) is 0 Å². The maximum atomic E-state index is 11.2. The number of thioether (sulfide) groups is 1. The molecule has 1 rings (SSSR count). The summed E-state index contributed by atoms with van der Waals surface area (Å²) < 4.78 is 9.81. The van der Waals surface area contributed by atoms with Crippen molar-refractivity contribution in [1.29, 1.82) is 0 Å². The van der Waals surface area contributed by atoms with Crippen LogP contribution >= 0.6 is 11.8 Å². The number of ether oxygens (including phenoxy) is 1. The lowest BCUT2D eigenvalue weighted by Crippen LogP contribution is -2.29. The van der Waals surface area contributed by atoms with Crippen molar-refractivity contribution in [2.24, 2.45) is 5.84 Å². The monoisotopic (exact) mass is 272 g/mol. The van der Waals surface area contributed by atoms with Gasteiger partial charge in [0.1, 0.15) is 5.76 Å². The van der Waals surface area contributed by atoms with Crippen LogP contribution in [0.4, 0.5) is 0 Å². The van der Waals surface area contributed by atoms with E-state index in [2.05, 4.69) is 4.74 Å². The Morgan fingerprint density at radius 1 is 1.56 bits per heavy atom. The van der Waals surface area contributed by atoms with Crippen molar-refractivity contribution in [3.05, 3.63) is 23.2 Å². The number of nitrogens with one attached hydrogen (secondary N) is 1. The number of hydrogen-bond acceptors (Lipinski definition) is 6. The molecule has 0 fully saturated rings. The smallest absolute Gasteiger partial charge is 0.306 e. The summed E-state index contributed by atoms with van der Waals surface area (Å²) >= 11 is 1.57. The van der Waals surface area contributed by atoms with Gasteiger partial charge in [-0.2, -0.15) is 11.8 Å². The molecule has 0 aliphatic rings. The van der Waals surface area contributed by atoms with Crippen molar-refractivity contribution >= 4 is 23.6 Å². The molecular weight excluding hydrogens is 256 g/mol. The molecule has 0 saturated carbocycles. The molecule has 3 N–H and O–H groups in total. The number of esters is 1. The molecule has 0 unspecified atom stereocenters. The van der Waals surface area contributed by atoms with E-state index in [1.54, 1.807) is 24.8 Å². The number of rotatable bonds is 6. The van der Waals surface area contributed by atoms with E-state index < -0.39 is 5.91 Å². The fraction of sp³-hybridized carbons (Fsp3) is 0.455. The highest BCUT2D eigenvalue weighted by Gasteiger charge is 2.13. The number of amides is 1. The first-order valence-electron chi connectivity index (χ1n) is 5.33. The summed E-state index contributed by atoms with van der Waals surface area (Å²) in [7, 11) is 1.37. The van der Waals surface area contributed by atoms with E-state index in [0.29, 0.717) is 23.7 Å². The highest BCUT2D eigenvalue weighted by atomic mass is 32.2. The van der Waals surface area contributed by atoms with Crippen molar-refractivity contribution in [3.8, 4) is 0 Å². The summed E-state index contributed by atoms with van der Waals surface area (Å²) in [4.78, 5) is 22.1. The summed E-state index contributed by atoms with van der Waals surface area (Å²) in [6.45, 7) is 1.78. The van der Waals surface area contributed by atoms with Crippen molar-refractivity contribution < 1.29 is 18.7 Å². The van der Waals surface area contributed by atoms with Crippen molar-refractivity contribution in [2.45, 2.75) is 19.1 Å². The van der Waals surface area contributed by atoms with Gasteiger partial charge in [0, 0.05) is 17.1 Å². The van der Waals surface area contributed by atoms with Crippen LogP contribution in [0.3, 0.4) is 0 Å². The maximum absolute atomic E-state index is 11.2. The van der Waals surface area contributed by atoms with E-state index >= 15 is 0 Å². The molecule has 0 aromatic carbocycles. The zero-order valence-electron chi connectivity index (χ0n) is 10.3. The first-order valence-corrected chi connectivity index (χ1v) is 6.48. The molecule has 0 bridgehead atoms. The summed E-state index contributed by atoms with van der Waals surface area (Å²) in [5, 5.41) is 0. The standard InChI is InChI=1S/C11H16N2O4S/c1-7-8(5-9(17-7)11(15)13-12)6-18-4-3-10(14)16-2/h5H,3-4,6,12H2,1-2H3,(H,13,15). The third-order valence-corrected chi connectivity index (χ3v) is 3.32. The Balaban J connectivity index is 2.45. The topological polar surface area (TPSA) is 94.6 Å². The van der Waals surface area contributed by atoms with Crippen LogP contribution in [0.2, 0.25) is 0 Å². The highest BCUT2D eigenvalue weighted by Crippen LogP contribution is 2.20. The predicted molar refractivity (Wildman–Crippen MR) is 67.9 cm³/mol. The van der Waals surface area contributed by atoms with E-state index in [4.69, 9.17) is 10.3 Å². The van der Waals surface area contributed by atoms with Crippen LogP contribution < -0.4 is 11.3 Å². The molecule has 7 heteroatoms. The molecular formula is C11H16N2O4S. The van der Waals surface area contributed by atoms with Crippen LogP contribution in [0, 0.1) is 6.92 Å². The Bertz CT molecular complexity index is 431. The van der Waals surface area contributed by atoms with Crippen LogP contribution in [0.1, 0.15) is 28.3 Å². The second kappa shape index (κ2) is 7.07. The van der Waals surface area contributed by atoms with E-state index in [-0.39, 0.29) is 11.7 Å². The SMILES string of the molecule is COC(=O)CCSCc1cc(C(=O)NN)oc1C. The maximum Gasteiger partial charge on any atom is 0.306 e. The quantitative estimate of drug-likeness (QED) is 0.264. The van der Waals surface area contributed by atoms with Gasteiger partial charge < -0.3 is 9.15 Å². The van der Waals surface area contributed by atoms with E-state index in [1.165, 1.54) is 7.11 Å². The Hall–Kier alpha value is -1.47. The minimum atomic E-state index is -0.455. The molecule has 0 spiro atoms. The molecule has 0 radical (unpaired) electrons. The van der Waals surface area contributed by atoms with Gasteiger partial charge >= 0.3 is 11.9 Å². The van der Waals surface area contributed by atoms with Gasteiger partial charge in [-0.25, -0.2) is 5.84 Å². The third-order valence-electron chi connectivity index (χ3n) is 2.31. The first kappa shape index (κ1) is 14.6. The summed E-state index contributed by atoms with van der Waals surface area (Å²) in [6, 6.07) is 1.66. The first-order chi connectivity index (χ1) is 8.58. The number of nitrogen functional groups attached to an aromatic ring is 1. The van der Waals surface area contributed by atoms with Gasteiger partial charge in [-0.05, 0) is 13.0 Å². The van der Waals surface area contributed by atoms with Crippen LogP contribution in [-0.4, -0.2) is 24.7 Å². The number of hydrazine groups is 1. The molecule has 0 aliphatic carbocycles. The Morgan fingerprint density at radius 3 is 2.89 bits per heavy atom. The Kier molecular flexibility index (Phi) is 5.73. The fourth-order valence-corrected chi connectivity index (χ4v) is 2.25. The number of nitrogens with two attached hydrogens (primary N) is 1. The molecule has 0 aliphatic heterocycles. The minimum absolute atomic E-state index is 0.193. The Labute approximate surface area is 109 Å². The lowest BCUT2D eigenvalue weighted by Gasteiger charge is -1.99. The third kappa shape index (κ3) is 4.08. The minimum Gasteiger partial charge on any atom is -0.469 e. The molecule has 18 heavy (non-hydrogen) atoms. The Morgan fingerprint density at radius 2 is 2.28 bits per heavy atom. The molecule has 100 valence electrons. The van der Waals surface area contributed by atoms with Crippen molar-refractivity contribution in [3.63, 3.8) is 0 Å². The van der Waals surface area contributed by atoms with Gasteiger partial charge in [-0.1, -0.05) is 0 Å². The average Bonchev–Trinajstić information content (AvgIpc) is 2.75. The predicted octanol–water partition coefficient (Wildman–Crippen LogP) is 0.988. The average molecular weight is 272 g/mol. The largest absolute Gasteiger partial charge is 0.469 e. The molecule has 1 amide bonds. The van der Waals surface area contributed by atoms with Crippen LogP contribution in [0.15, 0.2) is 10.5 Å². The molecule has 0 atom stereocenters. The lowest BCUT2D eigenvalue weighted by molar-refractivity contribution is -0.140. The summed E-state index contributed by atoms with van der Waals surface area (Å²) in [5.74, 6) is 6.54. The highest BCUT2D eigenvalue weighted by molar-refractivity contribution is 7.98. The van der Waals surface area contributed by atoms with Crippen LogP contribution in [0.5, 0.6) is 0 Å². The number of aryl methyl sites for hydroxylation is 1. The van der Waals surface area contributed by atoms with Gasteiger partial charge in [0.05, 0.1) is 13.5 Å². The van der Waals surface area contributed by atoms with E-state index in [9.17, 15) is 9.59 Å². The second-order valence-electron chi connectivity index (χ2n) is 3.54. The molecule has 1 heterocycles. The second-order valence-corrected chi connectivity index (χ2v) is 4.65. The number of furan rings is 1. The summed E-state index contributed by atoms with van der Waals surface area (Å²) in [5.41, 5.74) is 2.93. The van der Waals surface area contributed by atoms with Crippen molar-refractivity contribution in [1.82, 2.24) is 5.43 Å². The van der Waals surface area contributed by atoms with Gasteiger partial charge in [-0.15, -0.1) is 0 Å². The number of methoxy groups -OCH3 is 1. The normalized spacial score (nSPS) is 10.2. The summed E-state index contributed by atoms with van der Waals surface area (Å²) in [6.07, 6.45) is 0.369. The van der Waals surface area contributed by atoms with Gasteiger partial charge in [-0.3, -0.25) is 15.0 Å². The van der Waals surface area contributed by atoms with E-state index in [1.807, 2.05) is 5.43 Å².